The van der Waals surface area contributed by atoms with Crippen LogP contribution in [0.5, 0.6) is 5.75 Å². The number of carbonyl (C=O) groups excluding carboxylic acids is 1. The molecule has 4 rings (SSSR count). The zero-order valence-corrected chi connectivity index (χ0v) is 19.6. The first-order chi connectivity index (χ1) is 17.0. The number of benzene rings is 3. The van der Waals surface area contributed by atoms with Gasteiger partial charge in [0, 0.05) is 11.9 Å². The summed E-state index contributed by atoms with van der Waals surface area (Å²) in [5.41, 5.74) is 5.74. The molecule has 8 heteroatoms. The number of nitrogen functional groups attached to an aromatic ring is 1. The lowest BCUT2D eigenvalue weighted by molar-refractivity contribution is -0.120. The van der Waals surface area contributed by atoms with Crippen molar-refractivity contribution in [2.24, 2.45) is 0 Å². The molecule has 35 heavy (non-hydrogen) atoms. The Hall–Kier alpha value is -4.33. The quantitative estimate of drug-likeness (QED) is 0.386. The molecule has 1 heterocycles. The van der Waals surface area contributed by atoms with Gasteiger partial charge >= 0.3 is 5.69 Å². The molecular formula is C27H28N4O4. The maximum absolute atomic E-state index is 13.5. The molecule has 3 N–H and O–H groups in total. The number of ether oxygens (including phenoxy) is 1. The standard InChI is InChI=1S/C27H28N4O4/c1-2-3-16-30-25(28)24(26(33)29-27(30)34)31(17-19-10-5-4-6-11-19)23(32)18-35-22-15-9-13-20-12-7-8-14-21(20)22/h4-15H,2-3,16-18,28H2,1H3,(H,29,33,34). The average molecular weight is 473 g/mol. The largest absolute Gasteiger partial charge is 0.483 e. The first-order valence-corrected chi connectivity index (χ1v) is 11.6. The summed E-state index contributed by atoms with van der Waals surface area (Å²) in [6.45, 7) is 2.11. The molecule has 0 aliphatic heterocycles. The Morgan fingerprint density at radius 3 is 2.49 bits per heavy atom. The molecule has 0 bridgehead atoms. The van der Waals surface area contributed by atoms with E-state index in [1.165, 1.54) is 9.47 Å². The van der Waals surface area contributed by atoms with Crippen molar-refractivity contribution < 1.29 is 9.53 Å². The molecule has 0 radical (unpaired) electrons. The number of rotatable bonds is 9. The molecule has 0 aliphatic carbocycles. The van der Waals surface area contributed by atoms with Crippen LogP contribution in [0.15, 0.2) is 82.4 Å². The van der Waals surface area contributed by atoms with Crippen LogP contribution >= 0.6 is 0 Å². The fourth-order valence-corrected chi connectivity index (χ4v) is 3.97. The lowest BCUT2D eigenvalue weighted by Crippen LogP contribution is -2.42. The molecule has 4 aromatic rings. The number of hydrogen-bond donors (Lipinski definition) is 2. The summed E-state index contributed by atoms with van der Waals surface area (Å²) in [5.74, 6) is 0.0622. The van der Waals surface area contributed by atoms with E-state index in [2.05, 4.69) is 4.98 Å². The molecule has 0 aliphatic rings. The van der Waals surface area contributed by atoms with Crippen molar-refractivity contribution in [1.29, 1.82) is 0 Å². The van der Waals surface area contributed by atoms with Crippen LogP contribution in [0.3, 0.4) is 0 Å². The molecule has 3 aromatic carbocycles. The second-order valence-electron chi connectivity index (χ2n) is 8.23. The summed E-state index contributed by atoms with van der Waals surface area (Å²) in [4.78, 5) is 42.4. The molecule has 0 unspecified atom stereocenters. The summed E-state index contributed by atoms with van der Waals surface area (Å²) >= 11 is 0. The minimum absolute atomic E-state index is 0.0401. The third-order valence-corrected chi connectivity index (χ3v) is 5.80. The van der Waals surface area contributed by atoms with Crippen LogP contribution < -0.4 is 26.6 Å². The van der Waals surface area contributed by atoms with Gasteiger partial charge in [-0.1, -0.05) is 80.1 Å². The Kier molecular flexibility index (Phi) is 7.30. The van der Waals surface area contributed by atoms with Gasteiger partial charge in [0.05, 0.1) is 6.54 Å². The Labute approximate surface area is 202 Å². The average Bonchev–Trinajstić information content (AvgIpc) is 2.87. The monoisotopic (exact) mass is 472 g/mol. The zero-order chi connectivity index (χ0) is 24.8. The van der Waals surface area contributed by atoms with Crippen LogP contribution in [0.4, 0.5) is 11.5 Å². The Morgan fingerprint density at radius 2 is 1.71 bits per heavy atom. The highest BCUT2D eigenvalue weighted by atomic mass is 16.5. The molecule has 0 spiro atoms. The number of carbonyl (C=O) groups is 1. The van der Waals surface area contributed by atoms with E-state index in [1.807, 2.05) is 73.7 Å². The van der Waals surface area contributed by atoms with Crippen molar-refractivity contribution in [3.63, 3.8) is 0 Å². The smallest absolute Gasteiger partial charge is 0.330 e. The highest BCUT2D eigenvalue weighted by molar-refractivity contribution is 5.97. The second-order valence-corrected chi connectivity index (χ2v) is 8.23. The molecule has 1 aromatic heterocycles. The molecular weight excluding hydrogens is 444 g/mol. The van der Waals surface area contributed by atoms with E-state index in [1.54, 1.807) is 6.07 Å². The van der Waals surface area contributed by atoms with E-state index in [0.717, 1.165) is 22.8 Å². The summed E-state index contributed by atoms with van der Waals surface area (Å²) in [6.07, 6.45) is 1.54. The lowest BCUT2D eigenvalue weighted by Gasteiger charge is -2.25. The van der Waals surface area contributed by atoms with Gasteiger partial charge in [0.25, 0.3) is 11.5 Å². The van der Waals surface area contributed by atoms with Crippen molar-refractivity contribution in [3.05, 3.63) is 99.2 Å². The zero-order valence-electron chi connectivity index (χ0n) is 19.6. The van der Waals surface area contributed by atoms with Gasteiger partial charge in [0.15, 0.2) is 12.3 Å². The van der Waals surface area contributed by atoms with Gasteiger partial charge < -0.3 is 10.5 Å². The fourth-order valence-electron chi connectivity index (χ4n) is 3.97. The fraction of sp³-hybridized carbons (Fsp3) is 0.222. The maximum Gasteiger partial charge on any atom is 0.330 e. The number of nitrogens with zero attached hydrogens (tertiary/aromatic N) is 2. The Bertz CT molecular complexity index is 1440. The number of anilines is 2. The van der Waals surface area contributed by atoms with Crippen LogP contribution in [0, 0.1) is 0 Å². The molecule has 8 nitrogen and oxygen atoms in total. The predicted octanol–water partition coefficient (Wildman–Crippen LogP) is 3.68. The number of H-pyrrole nitrogens is 1. The summed E-state index contributed by atoms with van der Waals surface area (Å²) in [5, 5.41) is 1.87. The second kappa shape index (κ2) is 10.7. The first kappa shape index (κ1) is 23.8. The number of hydrogen-bond acceptors (Lipinski definition) is 5. The number of nitrogens with one attached hydrogen (secondary N) is 1. The summed E-state index contributed by atoms with van der Waals surface area (Å²) < 4.78 is 7.21. The van der Waals surface area contributed by atoms with Crippen LogP contribution in [-0.2, 0) is 17.9 Å². The minimum atomic E-state index is -0.713. The Balaban J connectivity index is 1.70. The topological polar surface area (TPSA) is 110 Å². The van der Waals surface area contributed by atoms with E-state index in [-0.39, 0.29) is 24.7 Å². The van der Waals surface area contributed by atoms with Crippen molar-refractivity contribution in [1.82, 2.24) is 9.55 Å². The third kappa shape index (κ3) is 5.27. The number of fused-ring (bicyclic) bond motifs is 1. The van der Waals surface area contributed by atoms with Gasteiger partial charge in [-0.05, 0) is 23.4 Å². The van der Waals surface area contributed by atoms with Crippen LogP contribution in [0.25, 0.3) is 10.8 Å². The van der Waals surface area contributed by atoms with Gasteiger partial charge in [-0.3, -0.25) is 24.0 Å². The molecule has 0 saturated carbocycles. The van der Waals surface area contributed by atoms with Gasteiger partial charge in [0.2, 0.25) is 0 Å². The number of amides is 1. The lowest BCUT2D eigenvalue weighted by atomic mass is 10.1. The molecule has 0 fully saturated rings. The maximum atomic E-state index is 13.5. The van der Waals surface area contributed by atoms with Gasteiger partial charge in [-0.15, -0.1) is 0 Å². The van der Waals surface area contributed by atoms with Crippen LogP contribution in [0.2, 0.25) is 0 Å². The number of aromatic amines is 1. The van der Waals surface area contributed by atoms with E-state index in [4.69, 9.17) is 10.5 Å². The molecule has 1 amide bonds. The summed E-state index contributed by atoms with van der Waals surface area (Å²) in [6, 6.07) is 22.6. The molecule has 0 saturated heterocycles. The van der Waals surface area contributed by atoms with Crippen molar-refractivity contribution in [3.8, 4) is 5.75 Å². The number of aromatic nitrogens is 2. The summed E-state index contributed by atoms with van der Waals surface area (Å²) in [7, 11) is 0. The minimum Gasteiger partial charge on any atom is -0.483 e. The molecule has 0 atom stereocenters. The normalized spacial score (nSPS) is 10.9. The van der Waals surface area contributed by atoms with Crippen LogP contribution in [0.1, 0.15) is 25.3 Å². The highest BCUT2D eigenvalue weighted by Crippen LogP contribution is 2.26. The molecule has 180 valence electrons. The van der Waals surface area contributed by atoms with E-state index in [9.17, 15) is 14.4 Å². The highest BCUT2D eigenvalue weighted by Gasteiger charge is 2.25. The SMILES string of the molecule is CCCCn1c(N)c(N(Cc2ccccc2)C(=O)COc2cccc3ccccc23)c(=O)[nH]c1=O. The van der Waals surface area contributed by atoms with Gasteiger partial charge in [0.1, 0.15) is 11.6 Å². The van der Waals surface area contributed by atoms with Crippen molar-refractivity contribution in [2.75, 3.05) is 17.2 Å². The van der Waals surface area contributed by atoms with E-state index >= 15 is 0 Å². The van der Waals surface area contributed by atoms with Gasteiger partial charge in [-0.25, -0.2) is 4.79 Å². The first-order valence-electron chi connectivity index (χ1n) is 11.6. The van der Waals surface area contributed by atoms with E-state index < -0.39 is 17.2 Å². The number of nitrogens with two attached hydrogens (primary N) is 1. The Morgan fingerprint density at radius 1 is 1.00 bits per heavy atom. The third-order valence-electron chi connectivity index (χ3n) is 5.80. The van der Waals surface area contributed by atoms with Crippen LogP contribution in [-0.4, -0.2) is 22.1 Å². The van der Waals surface area contributed by atoms with Crippen molar-refractivity contribution >= 4 is 28.2 Å². The van der Waals surface area contributed by atoms with Crippen molar-refractivity contribution in [2.45, 2.75) is 32.9 Å². The number of unbranched alkanes of at least 4 members (excludes halogenated alkanes) is 1. The van der Waals surface area contributed by atoms with E-state index in [0.29, 0.717) is 18.7 Å². The van der Waals surface area contributed by atoms with Gasteiger partial charge in [-0.2, -0.15) is 0 Å². The predicted molar refractivity (Wildman–Crippen MR) is 138 cm³/mol.